The van der Waals surface area contributed by atoms with E-state index >= 15 is 0 Å². The molecule has 1 amide bonds. The molecule has 7 nitrogen and oxygen atoms in total. The number of benzene rings is 1. The standard InChI is InChI=1S/C18H23FN2O5S/c19-13-5-7-14(8-6-13)27(25,26)21-11-9-20(10-12-21)17(22)15-3-1-2-4-16(15)18(23)24/h5-8,15-16H,1-4,9-12H2,(H,23,24)/p-1/t15-,16+/m1/s1. The predicted molar refractivity (Wildman–Crippen MR) is 92.2 cm³/mol. The number of carboxylic acid groups (broad SMARTS) is 1. The molecule has 1 aromatic carbocycles. The summed E-state index contributed by atoms with van der Waals surface area (Å²) in [5, 5.41) is 11.3. The third kappa shape index (κ3) is 4.14. The fourth-order valence-corrected chi connectivity index (χ4v) is 5.27. The third-order valence-electron chi connectivity index (χ3n) is 5.39. The van der Waals surface area contributed by atoms with E-state index in [0.29, 0.717) is 12.8 Å². The number of carbonyl (C=O) groups excluding carboxylic acids is 2. The largest absolute Gasteiger partial charge is 0.550 e. The van der Waals surface area contributed by atoms with Gasteiger partial charge in [-0.2, -0.15) is 4.31 Å². The van der Waals surface area contributed by atoms with Crippen molar-refractivity contribution in [3.8, 4) is 0 Å². The van der Waals surface area contributed by atoms with E-state index in [2.05, 4.69) is 0 Å². The molecule has 1 saturated carbocycles. The van der Waals surface area contributed by atoms with Crippen LogP contribution in [0.3, 0.4) is 0 Å². The van der Waals surface area contributed by atoms with E-state index in [4.69, 9.17) is 0 Å². The topological polar surface area (TPSA) is 97.8 Å². The molecular formula is C18H22FN2O5S-. The van der Waals surface area contributed by atoms with E-state index in [1.165, 1.54) is 16.4 Å². The highest BCUT2D eigenvalue weighted by atomic mass is 32.2. The quantitative estimate of drug-likeness (QED) is 0.724. The van der Waals surface area contributed by atoms with Crippen molar-refractivity contribution in [3.05, 3.63) is 30.1 Å². The second kappa shape index (κ2) is 7.93. The summed E-state index contributed by atoms with van der Waals surface area (Å²) in [5.74, 6) is -3.30. The summed E-state index contributed by atoms with van der Waals surface area (Å²) in [4.78, 5) is 25.6. The van der Waals surface area contributed by atoms with Gasteiger partial charge in [-0.15, -0.1) is 0 Å². The molecule has 0 radical (unpaired) electrons. The van der Waals surface area contributed by atoms with Crippen molar-refractivity contribution in [2.24, 2.45) is 11.8 Å². The van der Waals surface area contributed by atoms with Crippen LogP contribution in [-0.2, 0) is 19.6 Å². The molecule has 0 aromatic heterocycles. The Hall–Kier alpha value is -2.00. The lowest BCUT2D eigenvalue weighted by molar-refractivity contribution is -0.314. The summed E-state index contributed by atoms with van der Waals surface area (Å²) >= 11 is 0. The number of carbonyl (C=O) groups is 2. The van der Waals surface area contributed by atoms with Gasteiger partial charge in [-0.1, -0.05) is 12.8 Å². The normalized spacial score (nSPS) is 24.6. The maximum absolute atomic E-state index is 13.0. The van der Waals surface area contributed by atoms with Crippen LogP contribution < -0.4 is 5.11 Å². The molecule has 0 bridgehead atoms. The first kappa shape index (κ1) is 19.8. The zero-order valence-electron chi connectivity index (χ0n) is 14.8. The smallest absolute Gasteiger partial charge is 0.243 e. The number of halogens is 1. The Morgan fingerprint density at radius 3 is 2.07 bits per heavy atom. The summed E-state index contributed by atoms with van der Waals surface area (Å²) < 4.78 is 39.6. The van der Waals surface area contributed by atoms with Crippen molar-refractivity contribution in [1.29, 1.82) is 0 Å². The fourth-order valence-electron chi connectivity index (χ4n) is 3.85. The van der Waals surface area contributed by atoms with Gasteiger partial charge < -0.3 is 14.8 Å². The number of aliphatic carboxylic acids is 1. The van der Waals surface area contributed by atoms with Gasteiger partial charge in [0, 0.05) is 44.0 Å². The Morgan fingerprint density at radius 1 is 0.963 bits per heavy atom. The predicted octanol–water partition coefficient (Wildman–Crippen LogP) is 0.215. The van der Waals surface area contributed by atoms with Gasteiger partial charge in [-0.25, -0.2) is 12.8 Å². The summed E-state index contributed by atoms with van der Waals surface area (Å²) in [5.41, 5.74) is 0. The first-order valence-electron chi connectivity index (χ1n) is 9.06. The van der Waals surface area contributed by atoms with E-state index in [1.807, 2.05) is 0 Å². The summed E-state index contributed by atoms with van der Waals surface area (Å²) in [6.07, 6.45) is 2.54. The van der Waals surface area contributed by atoms with Gasteiger partial charge in [-0.05, 0) is 37.1 Å². The molecule has 1 aromatic rings. The highest BCUT2D eigenvalue weighted by Crippen LogP contribution is 2.31. The van der Waals surface area contributed by atoms with Gasteiger partial charge in [0.25, 0.3) is 0 Å². The minimum atomic E-state index is -3.75. The molecule has 2 aliphatic rings. The molecule has 27 heavy (non-hydrogen) atoms. The van der Waals surface area contributed by atoms with Crippen molar-refractivity contribution in [2.75, 3.05) is 26.2 Å². The van der Waals surface area contributed by atoms with Crippen LogP contribution in [0.5, 0.6) is 0 Å². The van der Waals surface area contributed by atoms with Crippen molar-refractivity contribution in [1.82, 2.24) is 9.21 Å². The Bertz CT molecular complexity index is 804. The lowest BCUT2D eigenvalue weighted by atomic mass is 9.78. The first-order chi connectivity index (χ1) is 12.8. The van der Waals surface area contributed by atoms with Crippen LogP contribution in [-0.4, -0.2) is 55.7 Å². The van der Waals surface area contributed by atoms with Crippen LogP contribution in [0.15, 0.2) is 29.2 Å². The van der Waals surface area contributed by atoms with Gasteiger partial charge >= 0.3 is 0 Å². The molecule has 1 aliphatic heterocycles. The molecule has 0 N–H and O–H groups in total. The lowest BCUT2D eigenvalue weighted by Gasteiger charge is -2.39. The molecule has 2 fully saturated rings. The van der Waals surface area contributed by atoms with Gasteiger partial charge in [0.1, 0.15) is 5.82 Å². The molecular weight excluding hydrogens is 375 g/mol. The number of carboxylic acids is 1. The number of hydrogen-bond donors (Lipinski definition) is 0. The van der Waals surface area contributed by atoms with Gasteiger partial charge in [-0.3, -0.25) is 4.79 Å². The molecule has 2 atom stereocenters. The number of piperazine rings is 1. The summed E-state index contributed by atoms with van der Waals surface area (Å²) in [6, 6.07) is 4.62. The Balaban J connectivity index is 1.65. The monoisotopic (exact) mass is 397 g/mol. The zero-order valence-corrected chi connectivity index (χ0v) is 15.7. The van der Waals surface area contributed by atoms with Gasteiger partial charge in [0.05, 0.1) is 4.90 Å². The van der Waals surface area contributed by atoms with Crippen LogP contribution in [0, 0.1) is 17.7 Å². The third-order valence-corrected chi connectivity index (χ3v) is 7.30. The van der Waals surface area contributed by atoms with Gasteiger partial charge in [0.15, 0.2) is 0 Å². The maximum atomic E-state index is 13.0. The highest BCUT2D eigenvalue weighted by molar-refractivity contribution is 7.89. The van der Waals surface area contributed by atoms with Crippen molar-refractivity contribution >= 4 is 21.9 Å². The molecule has 148 valence electrons. The molecule has 0 unspecified atom stereocenters. The number of rotatable bonds is 4. The average molecular weight is 397 g/mol. The average Bonchev–Trinajstić information content (AvgIpc) is 2.68. The summed E-state index contributed by atoms with van der Waals surface area (Å²) in [6.45, 7) is 0.646. The SMILES string of the molecule is O=C([O-])[C@H]1CCCC[C@H]1C(=O)N1CCN(S(=O)(=O)c2ccc(F)cc2)CC1. The molecule has 1 saturated heterocycles. The maximum Gasteiger partial charge on any atom is 0.243 e. The van der Waals surface area contributed by atoms with Crippen LogP contribution in [0.1, 0.15) is 25.7 Å². The minimum absolute atomic E-state index is 0.00738. The van der Waals surface area contributed by atoms with Crippen LogP contribution in [0.25, 0.3) is 0 Å². The highest BCUT2D eigenvalue weighted by Gasteiger charge is 2.37. The van der Waals surface area contributed by atoms with E-state index in [9.17, 15) is 27.5 Å². The van der Waals surface area contributed by atoms with E-state index in [0.717, 1.165) is 25.0 Å². The van der Waals surface area contributed by atoms with E-state index in [1.54, 1.807) is 4.90 Å². The number of amides is 1. The number of hydrogen-bond acceptors (Lipinski definition) is 5. The fraction of sp³-hybridized carbons (Fsp3) is 0.556. The molecule has 0 spiro atoms. The van der Waals surface area contributed by atoms with Crippen LogP contribution in [0.2, 0.25) is 0 Å². The number of sulfonamides is 1. The van der Waals surface area contributed by atoms with Crippen LogP contribution in [0.4, 0.5) is 4.39 Å². The second-order valence-corrected chi connectivity index (χ2v) is 8.94. The van der Waals surface area contributed by atoms with Gasteiger partial charge in [0.2, 0.25) is 15.9 Å². The van der Waals surface area contributed by atoms with Crippen LogP contribution >= 0.6 is 0 Å². The second-order valence-electron chi connectivity index (χ2n) is 7.00. The van der Waals surface area contributed by atoms with Crippen molar-refractivity contribution < 1.29 is 27.5 Å². The first-order valence-corrected chi connectivity index (χ1v) is 10.5. The van der Waals surface area contributed by atoms with E-state index in [-0.39, 0.29) is 37.0 Å². The molecule has 9 heteroatoms. The van der Waals surface area contributed by atoms with Crippen molar-refractivity contribution in [3.63, 3.8) is 0 Å². The number of nitrogens with zero attached hydrogens (tertiary/aromatic N) is 2. The zero-order chi connectivity index (χ0) is 19.6. The molecule has 1 heterocycles. The Labute approximate surface area is 157 Å². The Morgan fingerprint density at radius 2 is 1.52 bits per heavy atom. The summed E-state index contributed by atoms with van der Waals surface area (Å²) in [7, 11) is -3.75. The lowest BCUT2D eigenvalue weighted by Crippen LogP contribution is -2.54. The van der Waals surface area contributed by atoms with E-state index < -0.39 is 33.6 Å². The molecule has 1 aliphatic carbocycles. The Kier molecular flexibility index (Phi) is 5.81. The minimum Gasteiger partial charge on any atom is -0.550 e. The van der Waals surface area contributed by atoms with Crippen molar-refractivity contribution in [2.45, 2.75) is 30.6 Å². The molecule has 3 rings (SSSR count).